The molecule has 102 valence electrons. The Balaban J connectivity index is 1.88. The van der Waals surface area contributed by atoms with Crippen molar-refractivity contribution in [2.24, 2.45) is 5.92 Å². The summed E-state index contributed by atoms with van der Waals surface area (Å²) in [7, 11) is 0. The van der Waals surface area contributed by atoms with Gasteiger partial charge in [0, 0.05) is 13.1 Å². The molecule has 1 aromatic rings. The van der Waals surface area contributed by atoms with Crippen molar-refractivity contribution >= 4 is 0 Å². The molecule has 5 heteroatoms. The van der Waals surface area contributed by atoms with Gasteiger partial charge in [0.2, 0.25) is 0 Å². The fourth-order valence-electron chi connectivity index (χ4n) is 2.61. The fourth-order valence-corrected chi connectivity index (χ4v) is 2.61. The highest BCUT2D eigenvalue weighted by Crippen LogP contribution is 2.14. The van der Waals surface area contributed by atoms with Crippen LogP contribution in [-0.2, 0) is 13.1 Å². The van der Waals surface area contributed by atoms with E-state index in [0.29, 0.717) is 0 Å². The van der Waals surface area contributed by atoms with Crippen LogP contribution in [0.3, 0.4) is 0 Å². The summed E-state index contributed by atoms with van der Waals surface area (Å²) in [6.07, 6.45) is 4.27. The first-order chi connectivity index (χ1) is 8.83. The summed E-state index contributed by atoms with van der Waals surface area (Å²) in [4.78, 5) is 6.86. The lowest BCUT2D eigenvalue weighted by Gasteiger charge is -2.29. The van der Waals surface area contributed by atoms with Crippen LogP contribution >= 0.6 is 0 Å². The van der Waals surface area contributed by atoms with Gasteiger partial charge in [-0.15, -0.1) is 0 Å². The van der Waals surface area contributed by atoms with E-state index in [-0.39, 0.29) is 0 Å². The number of hydrogen-bond donors (Lipinski definition) is 1. The zero-order valence-electron chi connectivity index (χ0n) is 11.6. The molecule has 2 heterocycles. The largest absolute Gasteiger partial charge is 0.317 e. The van der Waals surface area contributed by atoms with E-state index in [1.807, 2.05) is 4.68 Å². The standard InChI is InChI=1S/C13H25N5/c1-3-17(9-12-5-7-14-8-6-12)10-13-15-11-16-18(13)4-2/h11-12,14H,3-10H2,1-2H3. The van der Waals surface area contributed by atoms with Crippen molar-refractivity contribution in [3.8, 4) is 0 Å². The Morgan fingerprint density at radius 2 is 2.17 bits per heavy atom. The summed E-state index contributed by atoms with van der Waals surface area (Å²) in [6, 6.07) is 0. The predicted octanol–water partition coefficient (Wildman–Crippen LogP) is 1.12. The normalized spacial score (nSPS) is 17.5. The van der Waals surface area contributed by atoms with Crippen LogP contribution in [0.4, 0.5) is 0 Å². The fraction of sp³-hybridized carbons (Fsp3) is 0.846. The SMILES string of the molecule is CCN(Cc1ncnn1CC)CC1CCNCC1. The number of piperidine rings is 1. The van der Waals surface area contributed by atoms with Gasteiger partial charge in [0.05, 0.1) is 6.54 Å². The van der Waals surface area contributed by atoms with Crippen molar-refractivity contribution in [3.63, 3.8) is 0 Å². The highest BCUT2D eigenvalue weighted by molar-refractivity contribution is 4.85. The lowest BCUT2D eigenvalue weighted by atomic mass is 9.97. The number of aryl methyl sites for hydroxylation is 1. The van der Waals surface area contributed by atoms with Gasteiger partial charge in [-0.05, 0) is 45.3 Å². The van der Waals surface area contributed by atoms with Gasteiger partial charge >= 0.3 is 0 Å². The summed E-state index contributed by atoms with van der Waals surface area (Å²) in [5, 5.41) is 7.66. The molecule has 0 atom stereocenters. The van der Waals surface area contributed by atoms with E-state index in [1.165, 1.54) is 32.5 Å². The smallest absolute Gasteiger partial charge is 0.140 e. The first kappa shape index (κ1) is 13.5. The van der Waals surface area contributed by atoms with Crippen molar-refractivity contribution < 1.29 is 0 Å². The second kappa shape index (κ2) is 6.85. The van der Waals surface area contributed by atoms with Crippen molar-refractivity contribution in [2.45, 2.75) is 39.8 Å². The van der Waals surface area contributed by atoms with Gasteiger partial charge in [-0.25, -0.2) is 9.67 Å². The van der Waals surface area contributed by atoms with Crippen LogP contribution in [0, 0.1) is 5.92 Å². The topological polar surface area (TPSA) is 46.0 Å². The summed E-state index contributed by atoms with van der Waals surface area (Å²) in [6.45, 7) is 10.8. The molecule has 5 nitrogen and oxygen atoms in total. The number of rotatable bonds is 6. The molecule has 1 fully saturated rings. The minimum atomic E-state index is 0.837. The van der Waals surface area contributed by atoms with Crippen LogP contribution in [0.25, 0.3) is 0 Å². The Bertz CT molecular complexity index is 343. The molecular weight excluding hydrogens is 226 g/mol. The summed E-state index contributed by atoms with van der Waals surface area (Å²) in [5.74, 6) is 1.93. The third kappa shape index (κ3) is 3.53. The van der Waals surface area contributed by atoms with Gasteiger partial charge < -0.3 is 5.32 Å². The van der Waals surface area contributed by atoms with E-state index in [1.54, 1.807) is 6.33 Å². The molecule has 1 N–H and O–H groups in total. The third-order valence-corrected chi connectivity index (χ3v) is 3.78. The molecular formula is C13H25N5. The van der Waals surface area contributed by atoms with Gasteiger partial charge in [0.25, 0.3) is 0 Å². The van der Waals surface area contributed by atoms with Crippen LogP contribution in [0.5, 0.6) is 0 Å². The maximum Gasteiger partial charge on any atom is 0.140 e. The lowest BCUT2D eigenvalue weighted by molar-refractivity contribution is 0.200. The Hall–Kier alpha value is -0.940. The van der Waals surface area contributed by atoms with Crippen molar-refractivity contribution in [1.82, 2.24) is 25.0 Å². The van der Waals surface area contributed by atoms with Crippen LogP contribution in [-0.4, -0.2) is 45.8 Å². The van der Waals surface area contributed by atoms with E-state index < -0.39 is 0 Å². The quantitative estimate of drug-likeness (QED) is 0.823. The van der Waals surface area contributed by atoms with E-state index in [0.717, 1.165) is 31.4 Å². The number of nitrogens with one attached hydrogen (secondary N) is 1. The van der Waals surface area contributed by atoms with Gasteiger partial charge in [0.1, 0.15) is 12.2 Å². The second-order valence-corrected chi connectivity index (χ2v) is 5.01. The third-order valence-electron chi connectivity index (χ3n) is 3.78. The predicted molar refractivity (Wildman–Crippen MR) is 72.2 cm³/mol. The van der Waals surface area contributed by atoms with Gasteiger partial charge in [-0.3, -0.25) is 4.90 Å². The number of hydrogen-bond acceptors (Lipinski definition) is 4. The Labute approximate surface area is 110 Å². The molecule has 0 radical (unpaired) electrons. The van der Waals surface area contributed by atoms with Crippen LogP contribution < -0.4 is 5.32 Å². The number of aromatic nitrogens is 3. The monoisotopic (exact) mass is 251 g/mol. The summed E-state index contributed by atoms with van der Waals surface area (Å²) in [5.41, 5.74) is 0. The van der Waals surface area contributed by atoms with Crippen molar-refractivity contribution in [1.29, 1.82) is 0 Å². The molecule has 2 rings (SSSR count). The van der Waals surface area contributed by atoms with E-state index in [2.05, 4.69) is 34.1 Å². The number of nitrogens with zero attached hydrogens (tertiary/aromatic N) is 4. The van der Waals surface area contributed by atoms with Gasteiger partial charge in [0.15, 0.2) is 0 Å². The van der Waals surface area contributed by atoms with Gasteiger partial charge in [-0.1, -0.05) is 6.92 Å². The van der Waals surface area contributed by atoms with Crippen LogP contribution in [0.2, 0.25) is 0 Å². The molecule has 1 saturated heterocycles. The molecule has 1 aliphatic rings. The molecule has 0 bridgehead atoms. The Morgan fingerprint density at radius 1 is 1.39 bits per heavy atom. The lowest BCUT2D eigenvalue weighted by Crippen LogP contribution is -2.36. The first-order valence-corrected chi connectivity index (χ1v) is 7.13. The van der Waals surface area contributed by atoms with E-state index in [4.69, 9.17) is 0 Å². The molecule has 0 amide bonds. The van der Waals surface area contributed by atoms with E-state index >= 15 is 0 Å². The molecule has 0 unspecified atom stereocenters. The maximum absolute atomic E-state index is 4.37. The molecule has 18 heavy (non-hydrogen) atoms. The van der Waals surface area contributed by atoms with Crippen molar-refractivity contribution in [2.75, 3.05) is 26.2 Å². The molecule has 1 aliphatic heterocycles. The molecule has 0 spiro atoms. The molecule has 0 saturated carbocycles. The van der Waals surface area contributed by atoms with Crippen LogP contribution in [0.1, 0.15) is 32.5 Å². The zero-order chi connectivity index (χ0) is 12.8. The average Bonchev–Trinajstić information content (AvgIpc) is 2.86. The molecule has 0 aliphatic carbocycles. The highest BCUT2D eigenvalue weighted by atomic mass is 15.3. The molecule has 0 aromatic carbocycles. The summed E-state index contributed by atoms with van der Waals surface area (Å²) >= 11 is 0. The minimum absolute atomic E-state index is 0.837. The van der Waals surface area contributed by atoms with E-state index in [9.17, 15) is 0 Å². The summed E-state index contributed by atoms with van der Waals surface area (Å²) < 4.78 is 1.99. The highest BCUT2D eigenvalue weighted by Gasteiger charge is 2.17. The second-order valence-electron chi connectivity index (χ2n) is 5.01. The maximum atomic E-state index is 4.37. The minimum Gasteiger partial charge on any atom is -0.317 e. The molecule has 1 aromatic heterocycles. The zero-order valence-corrected chi connectivity index (χ0v) is 11.6. The Kier molecular flexibility index (Phi) is 5.13. The Morgan fingerprint density at radius 3 is 2.83 bits per heavy atom. The first-order valence-electron chi connectivity index (χ1n) is 7.13. The van der Waals surface area contributed by atoms with Gasteiger partial charge in [-0.2, -0.15) is 5.10 Å². The van der Waals surface area contributed by atoms with Crippen LogP contribution in [0.15, 0.2) is 6.33 Å². The average molecular weight is 251 g/mol. The van der Waals surface area contributed by atoms with Crippen molar-refractivity contribution in [3.05, 3.63) is 12.2 Å².